The van der Waals surface area contributed by atoms with Gasteiger partial charge in [0.25, 0.3) is 0 Å². The van der Waals surface area contributed by atoms with Crippen molar-refractivity contribution in [2.45, 2.75) is 39.0 Å². The van der Waals surface area contributed by atoms with E-state index in [0.717, 1.165) is 15.8 Å². The third-order valence-electron chi connectivity index (χ3n) is 3.14. The van der Waals surface area contributed by atoms with Gasteiger partial charge in [0.15, 0.2) is 11.5 Å². The van der Waals surface area contributed by atoms with Crippen LogP contribution in [0.15, 0.2) is 16.6 Å². The zero-order valence-corrected chi connectivity index (χ0v) is 16.3. The van der Waals surface area contributed by atoms with Crippen LogP contribution in [0.1, 0.15) is 25.8 Å². The van der Waals surface area contributed by atoms with Crippen LogP contribution in [-0.2, 0) is 11.3 Å². The van der Waals surface area contributed by atoms with Crippen LogP contribution in [0.3, 0.4) is 0 Å². The number of carbonyl (C=O) groups is 1. The third-order valence-corrected chi connectivity index (χ3v) is 4.53. The Labute approximate surface area is 150 Å². The van der Waals surface area contributed by atoms with Crippen LogP contribution >= 0.6 is 27.7 Å². The Morgan fingerprint density at radius 1 is 1.39 bits per heavy atom. The van der Waals surface area contributed by atoms with Gasteiger partial charge in [-0.3, -0.25) is 4.79 Å². The molecule has 0 heterocycles. The Hall–Kier alpha value is -0.920. The summed E-state index contributed by atoms with van der Waals surface area (Å²) in [5.41, 5.74) is 0.924. The molecule has 1 aromatic rings. The van der Waals surface area contributed by atoms with Crippen LogP contribution in [0.2, 0.25) is 0 Å². The van der Waals surface area contributed by atoms with Crippen molar-refractivity contribution >= 4 is 33.7 Å². The largest absolute Gasteiger partial charge is 0.493 e. The maximum absolute atomic E-state index is 11.3. The Morgan fingerprint density at radius 3 is 2.61 bits per heavy atom. The summed E-state index contributed by atoms with van der Waals surface area (Å²) in [5.74, 6) is 1.27. The third kappa shape index (κ3) is 6.61. The summed E-state index contributed by atoms with van der Waals surface area (Å²) in [6.45, 7) is 4.34. The molecule has 1 unspecified atom stereocenters. The number of halogens is 1. The van der Waals surface area contributed by atoms with Crippen LogP contribution in [0.4, 0.5) is 0 Å². The van der Waals surface area contributed by atoms with Gasteiger partial charge in [0.2, 0.25) is 0 Å². The zero-order valence-electron chi connectivity index (χ0n) is 13.9. The first-order valence-corrected chi connectivity index (χ1v) is 9.55. The molecule has 130 valence electrons. The average Bonchev–Trinajstić information content (AvgIpc) is 2.48. The van der Waals surface area contributed by atoms with Gasteiger partial charge in [-0.2, -0.15) is 11.8 Å². The number of carboxylic acids is 1. The van der Waals surface area contributed by atoms with E-state index in [2.05, 4.69) is 21.2 Å². The molecule has 0 fully saturated rings. The molecule has 0 saturated heterocycles. The molecule has 23 heavy (non-hydrogen) atoms. The van der Waals surface area contributed by atoms with Crippen molar-refractivity contribution in [1.82, 2.24) is 5.32 Å². The molecule has 0 saturated carbocycles. The van der Waals surface area contributed by atoms with E-state index in [0.29, 0.717) is 24.5 Å². The van der Waals surface area contributed by atoms with Crippen molar-refractivity contribution in [3.63, 3.8) is 0 Å². The minimum Gasteiger partial charge on any atom is -0.493 e. The Bertz CT molecular complexity index is 525. The van der Waals surface area contributed by atoms with Gasteiger partial charge in [-0.15, -0.1) is 0 Å². The zero-order chi connectivity index (χ0) is 17.4. The van der Waals surface area contributed by atoms with Gasteiger partial charge in [-0.1, -0.05) is 15.9 Å². The summed E-state index contributed by atoms with van der Waals surface area (Å²) >= 11 is 5.15. The van der Waals surface area contributed by atoms with Crippen LogP contribution in [0, 0.1) is 0 Å². The monoisotopic (exact) mass is 405 g/mol. The van der Waals surface area contributed by atoms with E-state index < -0.39 is 12.0 Å². The molecule has 0 amide bonds. The summed E-state index contributed by atoms with van der Waals surface area (Å²) in [6, 6.07) is 3.16. The number of hydrogen-bond donors (Lipinski definition) is 2. The molecule has 0 bridgehead atoms. The lowest BCUT2D eigenvalue weighted by Crippen LogP contribution is -2.36. The smallest absolute Gasteiger partial charge is 0.320 e. The summed E-state index contributed by atoms with van der Waals surface area (Å²) in [5, 5.41) is 12.3. The quantitative estimate of drug-likeness (QED) is 0.620. The topological polar surface area (TPSA) is 67.8 Å². The van der Waals surface area contributed by atoms with Crippen LogP contribution in [-0.4, -0.2) is 42.3 Å². The van der Waals surface area contributed by atoms with E-state index in [1.807, 2.05) is 32.2 Å². The molecule has 0 aromatic heterocycles. The second-order valence-corrected chi connectivity index (χ2v) is 7.15. The number of rotatable bonds is 10. The minimum absolute atomic E-state index is 0.0442. The van der Waals surface area contributed by atoms with E-state index in [1.165, 1.54) is 0 Å². The van der Waals surface area contributed by atoms with Gasteiger partial charge in [0, 0.05) is 11.0 Å². The Kier molecular flexibility index (Phi) is 8.79. The molecule has 5 nitrogen and oxygen atoms in total. The highest BCUT2D eigenvalue weighted by atomic mass is 79.9. The number of thioether (sulfide) groups is 1. The molecule has 0 radical (unpaired) electrons. The predicted octanol–water partition coefficient (Wildman–Crippen LogP) is 3.54. The normalized spacial score (nSPS) is 12.3. The number of carboxylic acid groups (broad SMARTS) is 1. The molecule has 1 rings (SSSR count). The van der Waals surface area contributed by atoms with Crippen molar-refractivity contribution < 1.29 is 19.4 Å². The van der Waals surface area contributed by atoms with Crippen LogP contribution in [0.25, 0.3) is 0 Å². The Morgan fingerprint density at radius 2 is 2.09 bits per heavy atom. The number of methoxy groups -OCH3 is 1. The number of hydrogen-bond acceptors (Lipinski definition) is 5. The first kappa shape index (κ1) is 20.1. The number of ether oxygens (including phenoxy) is 2. The maximum atomic E-state index is 11.3. The van der Waals surface area contributed by atoms with Crippen molar-refractivity contribution in [2.24, 2.45) is 0 Å². The average molecular weight is 406 g/mol. The lowest BCUT2D eigenvalue weighted by Gasteiger charge is -2.18. The van der Waals surface area contributed by atoms with Gasteiger partial charge in [0.1, 0.15) is 6.04 Å². The second kappa shape index (κ2) is 10.1. The molecule has 0 aliphatic rings. The van der Waals surface area contributed by atoms with Gasteiger partial charge in [0.05, 0.1) is 13.2 Å². The molecule has 0 aliphatic heterocycles. The molecule has 2 N–H and O–H groups in total. The second-order valence-electron chi connectivity index (χ2n) is 5.31. The standard InChI is InChI=1S/C16H24BrNO4S/c1-10(2)22-15-8-12(17)11(7-14(15)21-3)9-18-13(16(19)20)5-6-23-4/h7-8,10,13,18H,5-6,9H2,1-4H3,(H,19,20). The van der Waals surface area contributed by atoms with E-state index in [9.17, 15) is 9.90 Å². The van der Waals surface area contributed by atoms with Crippen molar-refractivity contribution in [3.8, 4) is 11.5 Å². The van der Waals surface area contributed by atoms with Crippen molar-refractivity contribution in [2.75, 3.05) is 19.1 Å². The molecule has 0 spiro atoms. The molecular weight excluding hydrogens is 382 g/mol. The minimum atomic E-state index is -0.832. The number of benzene rings is 1. The molecule has 7 heteroatoms. The lowest BCUT2D eigenvalue weighted by molar-refractivity contribution is -0.139. The highest BCUT2D eigenvalue weighted by Gasteiger charge is 2.18. The van der Waals surface area contributed by atoms with Crippen LogP contribution in [0.5, 0.6) is 11.5 Å². The van der Waals surface area contributed by atoms with Crippen molar-refractivity contribution in [1.29, 1.82) is 0 Å². The number of nitrogens with one attached hydrogen (secondary N) is 1. The summed E-state index contributed by atoms with van der Waals surface area (Å²) < 4.78 is 11.9. The predicted molar refractivity (Wildman–Crippen MR) is 97.7 cm³/mol. The molecule has 1 atom stereocenters. The highest BCUT2D eigenvalue weighted by molar-refractivity contribution is 9.10. The summed E-state index contributed by atoms with van der Waals surface area (Å²) in [6.07, 6.45) is 2.59. The highest BCUT2D eigenvalue weighted by Crippen LogP contribution is 2.34. The number of aliphatic carboxylic acids is 1. The Balaban J connectivity index is 2.85. The maximum Gasteiger partial charge on any atom is 0.320 e. The van der Waals surface area contributed by atoms with E-state index in [4.69, 9.17) is 9.47 Å². The first-order chi connectivity index (χ1) is 10.9. The summed E-state index contributed by atoms with van der Waals surface area (Å²) in [7, 11) is 1.59. The van der Waals surface area contributed by atoms with E-state index in [-0.39, 0.29) is 6.10 Å². The first-order valence-electron chi connectivity index (χ1n) is 7.37. The van der Waals surface area contributed by atoms with Gasteiger partial charge < -0.3 is 19.9 Å². The SMILES string of the molecule is COc1cc(CNC(CCSC)C(=O)O)c(Br)cc1OC(C)C. The van der Waals surface area contributed by atoms with E-state index >= 15 is 0 Å². The lowest BCUT2D eigenvalue weighted by atomic mass is 10.1. The van der Waals surface area contributed by atoms with Crippen LogP contribution < -0.4 is 14.8 Å². The van der Waals surface area contributed by atoms with Crippen molar-refractivity contribution in [3.05, 3.63) is 22.2 Å². The summed E-state index contributed by atoms with van der Waals surface area (Å²) in [4.78, 5) is 11.3. The fraction of sp³-hybridized carbons (Fsp3) is 0.562. The van der Waals surface area contributed by atoms with E-state index in [1.54, 1.807) is 18.9 Å². The molecular formula is C16H24BrNO4S. The molecule has 1 aromatic carbocycles. The van der Waals surface area contributed by atoms with Gasteiger partial charge in [-0.25, -0.2) is 0 Å². The molecule has 0 aliphatic carbocycles. The fourth-order valence-corrected chi connectivity index (χ4v) is 2.93. The van der Waals surface area contributed by atoms with Gasteiger partial charge >= 0.3 is 5.97 Å². The fourth-order valence-electron chi connectivity index (χ4n) is 2.00. The van der Waals surface area contributed by atoms with Gasteiger partial charge in [-0.05, 0) is 50.0 Å².